The Balaban J connectivity index is 1.46. The number of halogens is 2. The molecular weight excluding hydrogens is 461 g/mol. The fraction of sp³-hybridized carbons (Fsp3) is 0.200. The number of piperazine rings is 1. The van der Waals surface area contributed by atoms with Gasteiger partial charge in [-0.2, -0.15) is 0 Å². The van der Waals surface area contributed by atoms with E-state index < -0.39 is 0 Å². The SMILES string of the molecule is COc1c(Cl)cc(C(=O)Nc2ccccc2N2CCN(C(=O)c3ccccc3)CC2)cc1Cl. The summed E-state index contributed by atoms with van der Waals surface area (Å²) in [5.74, 6) is 0.0371. The van der Waals surface area contributed by atoms with Gasteiger partial charge in [-0.3, -0.25) is 9.59 Å². The first-order valence-electron chi connectivity index (χ1n) is 10.5. The lowest BCUT2D eigenvalue weighted by Gasteiger charge is -2.37. The molecule has 0 radical (unpaired) electrons. The number of nitrogens with zero attached hydrogens (tertiary/aromatic N) is 2. The van der Waals surface area contributed by atoms with E-state index in [9.17, 15) is 9.59 Å². The zero-order valence-electron chi connectivity index (χ0n) is 18.1. The molecule has 1 heterocycles. The molecular formula is C25H23Cl2N3O3. The van der Waals surface area contributed by atoms with Gasteiger partial charge in [-0.05, 0) is 36.4 Å². The van der Waals surface area contributed by atoms with Gasteiger partial charge >= 0.3 is 0 Å². The molecule has 1 saturated heterocycles. The molecule has 0 spiro atoms. The summed E-state index contributed by atoms with van der Waals surface area (Å²) in [6.45, 7) is 2.51. The minimum Gasteiger partial charge on any atom is -0.494 e. The van der Waals surface area contributed by atoms with Gasteiger partial charge in [-0.25, -0.2) is 0 Å². The van der Waals surface area contributed by atoms with Gasteiger partial charge in [0.05, 0.1) is 28.5 Å². The minimum atomic E-state index is -0.327. The molecule has 0 unspecified atom stereocenters. The molecule has 170 valence electrons. The number of carbonyl (C=O) groups excluding carboxylic acids is 2. The summed E-state index contributed by atoms with van der Waals surface area (Å²) in [7, 11) is 1.47. The van der Waals surface area contributed by atoms with Crippen molar-refractivity contribution in [1.82, 2.24) is 4.90 Å². The van der Waals surface area contributed by atoms with E-state index >= 15 is 0 Å². The molecule has 0 atom stereocenters. The van der Waals surface area contributed by atoms with Crippen LogP contribution in [0.3, 0.4) is 0 Å². The molecule has 0 aliphatic carbocycles. The fourth-order valence-corrected chi connectivity index (χ4v) is 4.49. The smallest absolute Gasteiger partial charge is 0.255 e. The van der Waals surface area contributed by atoms with Crippen molar-refractivity contribution in [2.75, 3.05) is 43.5 Å². The van der Waals surface area contributed by atoms with Crippen molar-refractivity contribution in [2.24, 2.45) is 0 Å². The van der Waals surface area contributed by atoms with E-state index in [2.05, 4.69) is 10.2 Å². The van der Waals surface area contributed by atoms with E-state index in [4.69, 9.17) is 27.9 Å². The van der Waals surface area contributed by atoms with Crippen LogP contribution in [-0.4, -0.2) is 50.0 Å². The van der Waals surface area contributed by atoms with Crippen molar-refractivity contribution in [3.63, 3.8) is 0 Å². The van der Waals surface area contributed by atoms with Crippen molar-refractivity contribution in [1.29, 1.82) is 0 Å². The summed E-state index contributed by atoms with van der Waals surface area (Å²) in [6, 6.07) is 19.9. The molecule has 1 fully saturated rings. The summed E-state index contributed by atoms with van der Waals surface area (Å²) >= 11 is 12.4. The molecule has 3 aromatic carbocycles. The molecule has 1 N–H and O–H groups in total. The predicted molar refractivity (Wildman–Crippen MR) is 132 cm³/mol. The number of amides is 2. The number of hydrogen-bond acceptors (Lipinski definition) is 4. The first-order valence-corrected chi connectivity index (χ1v) is 11.3. The maximum Gasteiger partial charge on any atom is 0.255 e. The summed E-state index contributed by atoms with van der Waals surface area (Å²) in [4.78, 5) is 29.7. The van der Waals surface area contributed by atoms with Gasteiger partial charge in [0.2, 0.25) is 0 Å². The lowest BCUT2D eigenvalue weighted by molar-refractivity contribution is 0.0746. The van der Waals surface area contributed by atoms with E-state index in [1.54, 1.807) is 0 Å². The number of para-hydroxylation sites is 2. The van der Waals surface area contributed by atoms with Gasteiger partial charge in [0, 0.05) is 37.3 Å². The van der Waals surface area contributed by atoms with Crippen LogP contribution in [0.2, 0.25) is 10.0 Å². The second kappa shape index (κ2) is 10.1. The van der Waals surface area contributed by atoms with Gasteiger partial charge in [0.25, 0.3) is 11.8 Å². The zero-order valence-corrected chi connectivity index (χ0v) is 19.6. The fourth-order valence-electron chi connectivity index (χ4n) is 3.85. The average Bonchev–Trinajstić information content (AvgIpc) is 2.84. The molecule has 1 aliphatic heterocycles. The minimum absolute atomic E-state index is 0.0325. The predicted octanol–water partition coefficient (Wildman–Crippen LogP) is 5.22. The van der Waals surface area contributed by atoms with Crippen LogP contribution in [0.4, 0.5) is 11.4 Å². The lowest BCUT2D eigenvalue weighted by Crippen LogP contribution is -2.49. The van der Waals surface area contributed by atoms with Gasteiger partial charge < -0.3 is 19.9 Å². The maximum absolute atomic E-state index is 12.9. The summed E-state index contributed by atoms with van der Waals surface area (Å²) < 4.78 is 5.15. The van der Waals surface area contributed by atoms with Gasteiger partial charge in [0.15, 0.2) is 5.75 Å². The van der Waals surface area contributed by atoms with Crippen molar-refractivity contribution in [3.05, 3.63) is 87.9 Å². The van der Waals surface area contributed by atoms with Crippen LogP contribution in [-0.2, 0) is 0 Å². The Bertz CT molecular complexity index is 1140. The average molecular weight is 484 g/mol. The molecule has 6 nitrogen and oxygen atoms in total. The highest BCUT2D eigenvalue weighted by atomic mass is 35.5. The number of carbonyl (C=O) groups is 2. The molecule has 3 aromatic rings. The van der Waals surface area contributed by atoms with Crippen LogP contribution >= 0.6 is 23.2 Å². The first-order chi connectivity index (χ1) is 16.0. The largest absolute Gasteiger partial charge is 0.494 e. The van der Waals surface area contributed by atoms with E-state index in [1.165, 1.54) is 19.2 Å². The van der Waals surface area contributed by atoms with E-state index in [-0.39, 0.29) is 21.9 Å². The molecule has 2 amide bonds. The number of hydrogen-bond donors (Lipinski definition) is 1. The molecule has 33 heavy (non-hydrogen) atoms. The van der Waals surface area contributed by atoms with Crippen LogP contribution in [0.5, 0.6) is 5.75 Å². The van der Waals surface area contributed by atoms with Crippen LogP contribution in [0.25, 0.3) is 0 Å². The highest BCUT2D eigenvalue weighted by Gasteiger charge is 2.24. The van der Waals surface area contributed by atoms with Crippen molar-refractivity contribution in [2.45, 2.75) is 0 Å². The van der Waals surface area contributed by atoms with E-state index in [1.807, 2.05) is 59.5 Å². The van der Waals surface area contributed by atoms with Gasteiger partial charge in [-0.1, -0.05) is 53.5 Å². The third-order valence-corrected chi connectivity index (χ3v) is 6.11. The van der Waals surface area contributed by atoms with Crippen molar-refractivity contribution in [3.8, 4) is 5.75 Å². The topological polar surface area (TPSA) is 61.9 Å². The number of rotatable bonds is 5. The summed E-state index contributed by atoms with van der Waals surface area (Å²) in [5, 5.41) is 3.49. The van der Waals surface area contributed by atoms with Gasteiger partial charge in [0.1, 0.15) is 0 Å². The number of methoxy groups -OCH3 is 1. The zero-order chi connectivity index (χ0) is 23.4. The Morgan fingerprint density at radius 1 is 0.848 bits per heavy atom. The standard InChI is InChI=1S/C25H23Cl2N3O3/c1-33-23-19(26)15-18(16-20(23)27)24(31)28-21-9-5-6-10-22(21)29-11-13-30(14-12-29)25(32)17-7-3-2-4-8-17/h2-10,15-16H,11-14H2,1H3,(H,28,31). The highest BCUT2D eigenvalue weighted by Crippen LogP contribution is 2.34. The second-order valence-corrected chi connectivity index (χ2v) is 8.40. The Hall–Kier alpha value is -3.22. The van der Waals surface area contributed by atoms with Crippen LogP contribution in [0.15, 0.2) is 66.7 Å². The quantitative estimate of drug-likeness (QED) is 0.540. The molecule has 0 bridgehead atoms. The Morgan fingerprint density at radius 3 is 2.09 bits per heavy atom. The molecule has 8 heteroatoms. The monoisotopic (exact) mass is 483 g/mol. The number of anilines is 2. The van der Waals surface area contributed by atoms with E-state index in [0.717, 1.165) is 5.69 Å². The molecule has 1 aliphatic rings. The number of ether oxygens (including phenoxy) is 1. The lowest BCUT2D eigenvalue weighted by atomic mass is 10.1. The normalized spacial score (nSPS) is 13.5. The third-order valence-electron chi connectivity index (χ3n) is 5.55. The van der Waals surface area contributed by atoms with E-state index in [0.29, 0.717) is 48.7 Å². The molecule has 0 aromatic heterocycles. The first kappa shape index (κ1) is 23.0. The highest BCUT2D eigenvalue weighted by molar-refractivity contribution is 6.37. The van der Waals surface area contributed by atoms with Crippen LogP contribution in [0, 0.1) is 0 Å². The second-order valence-electron chi connectivity index (χ2n) is 7.59. The van der Waals surface area contributed by atoms with Crippen LogP contribution in [0.1, 0.15) is 20.7 Å². The third kappa shape index (κ3) is 5.07. The molecule has 4 rings (SSSR count). The Labute approximate surface area is 202 Å². The van der Waals surface area contributed by atoms with Crippen LogP contribution < -0.4 is 15.0 Å². The number of benzene rings is 3. The summed E-state index contributed by atoms with van der Waals surface area (Å²) in [5.41, 5.74) is 2.59. The Morgan fingerprint density at radius 2 is 1.45 bits per heavy atom. The molecule has 0 saturated carbocycles. The van der Waals surface area contributed by atoms with Crippen molar-refractivity contribution >= 4 is 46.4 Å². The Kier molecular flexibility index (Phi) is 7.06. The van der Waals surface area contributed by atoms with Gasteiger partial charge in [-0.15, -0.1) is 0 Å². The summed E-state index contributed by atoms with van der Waals surface area (Å²) in [6.07, 6.45) is 0. The maximum atomic E-state index is 12.9. The van der Waals surface area contributed by atoms with Crippen molar-refractivity contribution < 1.29 is 14.3 Å². The number of nitrogens with one attached hydrogen (secondary N) is 1.